The van der Waals surface area contributed by atoms with E-state index < -0.39 is 11.7 Å². The van der Waals surface area contributed by atoms with Crippen LogP contribution in [0, 0.1) is 12.3 Å². The second-order valence-electron chi connectivity index (χ2n) is 3.73. The molecule has 1 aliphatic rings. The number of carbonyl (C=O) groups is 2. The number of hydrogen-bond donors (Lipinski definition) is 0. The smallest absolute Gasteiger partial charge is 0.299 e. The van der Waals surface area contributed by atoms with Crippen LogP contribution in [0.15, 0.2) is 18.2 Å². The molecule has 1 amide bonds. The van der Waals surface area contributed by atoms with Crippen molar-refractivity contribution in [1.29, 1.82) is 0 Å². The van der Waals surface area contributed by atoms with Crippen molar-refractivity contribution in [2.75, 3.05) is 11.4 Å². The number of terminal acetylenes is 1. The first-order valence-corrected chi connectivity index (χ1v) is 5.62. The number of Topliss-reactive ketones (excluding diaryl/α,β-unsaturated/α-hetero) is 1. The van der Waals surface area contributed by atoms with Crippen LogP contribution in [0.25, 0.3) is 0 Å². The van der Waals surface area contributed by atoms with Gasteiger partial charge in [-0.1, -0.05) is 17.7 Å². The lowest BCUT2D eigenvalue weighted by molar-refractivity contribution is -0.114. The van der Waals surface area contributed by atoms with Crippen LogP contribution in [0.3, 0.4) is 0 Å². The quantitative estimate of drug-likeness (QED) is 0.467. The van der Waals surface area contributed by atoms with Crippen molar-refractivity contribution in [3.8, 4) is 12.3 Å². The molecule has 0 radical (unpaired) electrons. The summed E-state index contributed by atoms with van der Waals surface area (Å²) in [5.41, 5.74) is 0.893. The van der Waals surface area contributed by atoms with E-state index in [9.17, 15) is 9.59 Å². The summed E-state index contributed by atoms with van der Waals surface area (Å²) in [5.74, 6) is 1.45. The van der Waals surface area contributed by atoms with Crippen LogP contribution >= 0.6 is 11.6 Å². The molecule has 0 saturated heterocycles. The van der Waals surface area contributed by atoms with Crippen molar-refractivity contribution >= 4 is 29.0 Å². The maximum atomic E-state index is 11.8. The molecule has 0 saturated carbocycles. The molecule has 0 atom stereocenters. The molecule has 3 nitrogen and oxygen atoms in total. The van der Waals surface area contributed by atoms with E-state index in [4.69, 9.17) is 18.0 Å². The Morgan fingerprint density at radius 3 is 2.82 bits per heavy atom. The molecule has 1 aromatic carbocycles. The lowest BCUT2D eigenvalue weighted by atomic mass is 10.1. The second kappa shape index (κ2) is 4.60. The zero-order valence-electron chi connectivity index (χ0n) is 9.07. The van der Waals surface area contributed by atoms with E-state index in [0.717, 1.165) is 0 Å². The zero-order chi connectivity index (χ0) is 12.4. The van der Waals surface area contributed by atoms with Gasteiger partial charge < -0.3 is 4.90 Å². The van der Waals surface area contributed by atoms with E-state index in [2.05, 4.69) is 5.92 Å². The maximum absolute atomic E-state index is 11.8. The Hall–Kier alpha value is -1.79. The van der Waals surface area contributed by atoms with Gasteiger partial charge >= 0.3 is 0 Å². The van der Waals surface area contributed by atoms with Crippen LogP contribution in [0.4, 0.5) is 5.69 Å². The maximum Gasteiger partial charge on any atom is 0.299 e. The highest BCUT2D eigenvalue weighted by Gasteiger charge is 2.36. The van der Waals surface area contributed by atoms with Gasteiger partial charge in [0.05, 0.1) is 16.3 Å². The largest absolute Gasteiger partial charge is 0.305 e. The Balaban J connectivity index is 2.32. The number of benzene rings is 1. The summed E-state index contributed by atoms with van der Waals surface area (Å²) >= 11 is 5.92. The van der Waals surface area contributed by atoms with Gasteiger partial charge in [-0.2, -0.15) is 0 Å². The monoisotopic (exact) mass is 247 g/mol. The predicted octanol–water partition coefficient (Wildman–Crippen LogP) is 2.28. The Kier molecular flexibility index (Phi) is 3.16. The first-order chi connectivity index (χ1) is 8.16. The van der Waals surface area contributed by atoms with Gasteiger partial charge in [0.15, 0.2) is 0 Å². The Labute approximate surface area is 104 Å². The molecule has 86 valence electrons. The molecule has 1 heterocycles. The number of carbonyl (C=O) groups excluding carboxylic acids is 2. The van der Waals surface area contributed by atoms with Gasteiger partial charge in [-0.05, 0) is 18.6 Å². The van der Waals surface area contributed by atoms with Crippen molar-refractivity contribution in [1.82, 2.24) is 0 Å². The first-order valence-electron chi connectivity index (χ1n) is 5.25. The average Bonchev–Trinajstić information content (AvgIpc) is 2.55. The molecule has 0 aliphatic carbocycles. The predicted molar refractivity (Wildman–Crippen MR) is 66.2 cm³/mol. The summed E-state index contributed by atoms with van der Waals surface area (Å²) in [6.07, 6.45) is 6.40. The topological polar surface area (TPSA) is 37.4 Å². The minimum atomic E-state index is -0.536. The third-order valence-electron chi connectivity index (χ3n) is 2.65. The van der Waals surface area contributed by atoms with Crippen molar-refractivity contribution in [2.45, 2.75) is 12.8 Å². The van der Waals surface area contributed by atoms with Crippen molar-refractivity contribution in [2.24, 2.45) is 0 Å². The summed E-state index contributed by atoms with van der Waals surface area (Å²) < 4.78 is 0. The van der Waals surface area contributed by atoms with Gasteiger partial charge in [-0.25, -0.2) is 0 Å². The van der Waals surface area contributed by atoms with Gasteiger partial charge in [0, 0.05) is 13.0 Å². The number of ketones is 1. The molecule has 0 N–H and O–H groups in total. The molecular weight excluding hydrogens is 238 g/mol. The summed E-state index contributed by atoms with van der Waals surface area (Å²) in [6, 6.07) is 5.05. The third-order valence-corrected chi connectivity index (χ3v) is 2.97. The van der Waals surface area contributed by atoms with Gasteiger partial charge in [-0.3, -0.25) is 9.59 Å². The normalized spacial score (nSPS) is 13.8. The minimum absolute atomic E-state index is 0.305. The first kappa shape index (κ1) is 11.7. The SMILES string of the molecule is C#CCCCN1C(=O)C(=O)c2c(Cl)cccc21. The minimum Gasteiger partial charge on any atom is -0.305 e. The second-order valence-corrected chi connectivity index (χ2v) is 4.13. The van der Waals surface area contributed by atoms with Crippen LogP contribution < -0.4 is 4.90 Å². The van der Waals surface area contributed by atoms with E-state index in [1.165, 1.54) is 4.90 Å². The number of hydrogen-bond acceptors (Lipinski definition) is 2. The molecular formula is C13H10ClNO2. The number of unbranched alkanes of at least 4 members (excludes halogenated alkanes) is 1. The fourth-order valence-corrected chi connectivity index (χ4v) is 2.12. The molecule has 0 aromatic heterocycles. The number of anilines is 1. The van der Waals surface area contributed by atoms with Crippen LogP contribution in [0.5, 0.6) is 0 Å². The third kappa shape index (κ3) is 1.92. The van der Waals surface area contributed by atoms with E-state index >= 15 is 0 Å². The number of halogens is 1. The molecule has 0 fully saturated rings. The van der Waals surface area contributed by atoms with Crippen LogP contribution in [-0.4, -0.2) is 18.2 Å². The van der Waals surface area contributed by atoms with E-state index in [0.29, 0.717) is 35.7 Å². The number of nitrogens with zero attached hydrogens (tertiary/aromatic N) is 1. The number of fused-ring (bicyclic) bond motifs is 1. The summed E-state index contributed by atoms with van der Waals surface area (Å²) in [4.78, 5) is 25.0. The highest BCUT2D eigenvalue weighted by Crippen LogP contribution is 2.34. The number of amides is 1. The van der Waals surface area contributed by atoms with Crippen LogP contribution in [0.1, 0.15) is 23.2 Å². The molecule has 4 heteroatoms. The van der Waals surface area contributed by atoms with Crippen LogP contribution in [0.2, 0.25) is 5.02 Å². The summed E-state index contributed by atoms with van der Waals surface area (Å²) in [6.45, 7) is 0.447. The van der Waals surface area contributed by atoms with E-state index in [1.54, 1.807) is 18.2 Å². The lowest BCUT2D eigenvalue weighted by Crippen LogP contribution is -2.30. The Bertz CT molecular complexity index is 531. The van der Waals surface area contributed by atoms with Crippen LogP contribution in [-0.2, 0) is 4.79 Å². The molecule has 17 heavy (non-hydrogen) atoms. The van der Waals surface area contributed by atoms with Crippen molar-refractivity contribution in [3.63, 3.8) is 0 Å². The highest BCUT2D eigenvalue weighted by molar-refractivity contribution is 6.55. The molecule has 0 spiro atoms. The van der Waals surface area contributed by atoms with E-state index in [-0.39, 0.29) is 0 Å². The number of rotatable bonds is 3. The molecule has 0 bridgehead atoms. The molecule has 0 unspecified atom stereocenters. The molecule has 1 aromatic rings. The highest BCUT2D eigenvalue weighted by atomic mass is 35.5. The fourth-order valence-electron chi connectivity index (χ4n) is 1.86. The van der Waals surface area contributed by atoms with Gasteiger partial charge in [-0.15, -0.1) is 12.3 Å². The Morgan fingerprint density at radius 2 is 2.12 bits per heavy atom. The lowest BCUT2D eigenvalue weighted by Gasteiger charge is -2.15. The molecule has 1 aliphatic heterocycles. The Morgan fingerprint density at radius 1 is 1.35 bits per heavy atom. The molecule has 2 rings (SSSR count). The van der Waals surface area contributed by atoms with Gasteiger partial charge in [0.2, 0.25) is 0 Å². The van der Waals surface area contributed by atoms with E-state index in [1.807, 2.05) is 0 Å². The van der Waals surface area contributed by atoms with Gasteiger partial charge in [0.1, 0.15) is 0 Å². The zero-order valence-corrected chi connectivity index (χ0v) is 9.83. The summed E-state index contributed by atoms with van der Waals surface area (Å²) in [7, 11) is 0. The summed E-state index contributed by atoms with van der Waals surface area (Å²) in [5, 5.41) is 0.320. The van der Waals surface area contributed by atoms with Crippen molar-refractivity contribution < 1.29 is 9.59 Å². The average molecular weight is 248 g/mol. The van der Waals surface area contributed by atoms with Gasteiger partial charge in [0.25, 0.3) is 11.7 Å². The standard InChI is InChI=1S/C13H10ClNO2/c1-2-3-4-8-15-10-7-5-6-9(14)11(10)12(16)13(15)17/h1,5-7H,3-4,8H2. The van der Waals surface area contributed by atoms with Crippen molar-refractivity contribution in [3.05, 3.63) is 28.8 Å². The fraction of sp³-hybridized carbons (Fsp3) is 0.231.